The Kier molecular flexibility index (Phi) is 8.08. The van der Waals surface area contributed by atoms with Crippen LogP contribution in [0.1, 0.15) is 22.5 Å². The summed E-state index contributed by atoms with van der Waals surface area (Å²) in [6, 6.07) is 13.2. The molecule has 0 aliphatic heterocycles. The number of benzene rings is 2. The lowest BCUT2D eigenvalue weighted by Gasteiger charge is -2.09. The zero-order valence-electron chi connectivity index (χ0n) is 18.1. The number of carbonyl (C=O) groups is 2. The molecule has 0 aliphatic carbocycles. The third-order valence-electron chi connectivity index (χ3n) is 4.65. The first-order valence-electron chi connectivity index (χ1n) is 9.92. The van der Waals surface area contributed by atoms with Gasteiger partial charge >= 0.3 is 0 Å². The van der Waals surface area contributed by atoms with E-state index < -0.39 is 0 Å². The van der Waals surface area contributed by atoms with Crippen LogP contribution in [0, 0.1) is 13.8 Å². The summed E-state index contributed by atoms with van der Waals surface area (Å²) in [6.45, 7) is 4.19. The fourth-order valence-corrected chi connectivity index (χ4v) is 3.82. The second kappa shape index (κ2) is 11.0. The number of rotatable bonds is 8. The van der Waals surface area contributed by atoms with Crippen molar-refractivity contribution in [2.24, 2.45) is 7.05 Å². The van der Waals surface area contributed by atoms with Crippen LogP contribution in [-0.4, -0.2) is 32.3 Å². The van der Waals surface area contributed by atoms with Crippen molar-refractivity contribution in [3.05, 3.63) is 76.1 Å². The van der Waals surface area contributed by atoms with Crippen molar-refractivity contribution < 1.29 is 9.59 Å². The molecule has 0 saturated heterocycles. The van der Waals surface area contributed by atoms with Crippen LogP contribution in [0.2, 0.25) is 5.02 Å². The fraction of sp³-hybridized carbons (Fsp3) is 0.217. The van der Waals surface area contributed by atoms with Gasteiger partial charge < -0.3 is 15.2 Å². The number of anilines is 1. The first kappa shape index (κ1) is 23.6. The zero-order chi connectivity index (χ0) is 23.1. The number of carbonyl (C=O) groups excluding carboxylic acids is 2. The second-order valence-electron chi connectivity index (χ2n) is 7.19. The Labute approximate surface area is 196 Å². The number of hydrogen-bond acceptors (Lipinski definition) is 5. The quantitative estimate of drug-likeness (QED) is 0.382. The average molecular weight is 470 g/mol. The zero-order valence-corrected chi connectivity index (χ0v) is 19.6. The van der Waals surface area contributed by atoms with Gasteiger partial charge in [-0.25, -0.2) is 0 Å². The number of nitrogens with one attached hydrogen (secondary N) is 2. The van der Waals surface area contributed by atoms with Crippen LogP contribution in [0.4, 0.5) is 5.69 Å². The van der Waals surface area contributed by atoms with Crippen LogP contribution >= 0.6 is 23.4 Å². The molecule has 3 rings (SSSR count). The molecule has 166 valence electrons. The highest BCUT2D eigenvalue weighted by Gasteiger charge is 2.12. The van der Waals surface area contributed by atoms with Gasteiger partial charge in [0.15, 0.2) is 11.0 Å². The van der Waals surface area contributed by atoms with Gasteiger partial charge in [-0.2, -0.15) is 0 Å². The molecule has 1 aromatic heterocycles. The van der Waals surface area contributed by atoms with Gasteiger partial charge in [-0.3, -0.25) is 9.59 Å². The molecule has 0 unspecified atom stereocenters. The summed E-state index contributed by atoms with van der Waals surface area (Å²) in [5.41, 5.74) is 3.73. The Balaban J connectivity index is 1.50. The molecule has 2 N–H and O–H groups in total. The number of amides is 2. The Morgan fingerprint density at radius 1 is 1.16 bits per heavy atom. The maximum absolute atomic E-state index is 12.3. The van der Waals surface area contributed by atoms with Crippen molar-refractivity contribution in [2.75, 3.05) is 11.1 Å². The molecule has 1 heterocycles. The van der Waals surface area contributed by atoms with E-state index in [0.717, 1.165) is 22.4 Å². The molecule has 0 atom stereocenters. The lowest BCUT2D eigenvalue weighted by atomic mass is 10.1. The molecule has 0 fully saturated rings. The number of halogens is 1. The summed E-state index contributed by atoms with van der Waals surface area (Å²) in [5, 5.41) is 15.1. The molecule has 3 aromatic rings. The van der Waals surface area contributed by atoms with Gasteiger partial charge in [-0.1, -0.05) is 59.3 Å². The standard InChI is InChI=1S/C23H24ClN5O2S/c1-15-8-10-19(16(2)12-15)26-22(31)14-32-23-28-27-20(29(23)3)13-25-21(30)11-9-17-6-4-5-7-18(17)24/h4-12H,13-14H2,1-3H3,(H,25,30)(H,26,31)/b11-9+. The van der Waals surface area contributed by atoms with E-state index in [1.165, 1.54) is 17.8 Å². The number of hydrogen-bond donors (Lipinski definition) is 2. The Morgan fingerprint density at radius 3 is 2.69 bits per heavy atom. The van der Waals surface area contributed by atoms with E-state index in [4.69, 9.17) is 11.6 Å². The Bertz CT molecular complexity index is 1160. The molecule has 0 spiro atoms. The maximum atomic E-state index is 12.3. The van der Waals surface area contributed by atoms with Gasteiger partial charge in [-0.05, 0) is 43.2 Å². The molecule has 0 bridgehead atoms. The minimum absolute atomic E-state index is 0.121. The van der Waals surface area contributed by atoms with Crippen LogP contribution in [0.25, 0.3) is 6.08 Å². The van der Waals surface area contributed by atoms with Crippen molar-refractivity contribution in [1.29, 1.82) is 0 Å². The van der Waals surface area contributed by atoms with E-state index in [9.17, 15) is 9.59 Å². The number of aromatic nitrogens is 3. The Morgan fingerprint density at radius 2 is 1.94 bits per heavy atom. The van der Waals surface area contributed by atoms with Gasteiger partial charge in [-0.15, -0.1) is 10.2 Å². The van der Waals surface area contributed by atoms with Gasteiger partial charge in [0.05, 0.1) is 12.3 Å². The van der Waals surface area contributed by atoms with E-state index in [0.29, 0.717) is 16.0 Å². The van der Waals surface area contributed by atoms with Crippen LogP contribution in [-0.2, 0) is 23.2 Å². The van der Waals surface area contributed by atoms with Gasteiger partial charge in [0.25, 0.3) is 0 Å². The maximum Gasteiger partial charge on any atom is 0.244 e. The van der Waals surface area contributed by atoms with E-state index >= 15 is 0 Å². The highest BCUT2D eigenvalue weighted by atomic mass is 35.5. The summed E-state index contributed by atoms with van der Waals surface area (Å²) in [5.74, 6) is 0.396. The first-order valence-corrected chi connectivity index (χ1v) is 11.3. The van der Waals surface area contributed by atoms with E-state index in [-0.39, 0.29) is 24.1 Å². The van der Waals surface area contributed by atoms with E-state index in [1.54, 1.807) is 23.8 Å². The molecule has 7 nitrogen and oxygen atoms in total. The summed E-state index contributed by atoms with van der Waals surface area (Å²) < 4.78 is 1.76. The van der Waals surface area contributed by atoms with E-state index in [2.05, 4.69) is 20.8 Å². The SMILES string of the molecule is Cc1ccc(NC(=O)CSc2nnc(CNC(=O)/C=C/c3ccccc3Cl)n2C)c(C)c1. The predicted octanol–water partition coefficient (Wildman–Crippen LogP) is 4.15. The first-order chi connectivity index (χ1) is 15.3. The topological polar surface area (TPSA) is 88.9 Å². The largest absolute Gasteiger partial charge is 0.345 e. The molecule has 0 radical (unpaired) electrons. The average Bonchev–Trinajstić information content (AvgIpc) is 3.11. The smallest absolute Gasteiger partial charge is 0.244 e. The molecule has 0 saturated carbocycles. The number of aryl methyl sites for hydroxylation is 2. The third kappa shape index (κ3) is 6.45. The lowest BCUT2D eigenvalue weighted by Crippen LogP contribution is -2.22. The summed E-state index contributed by atoms with van der Waals surface area (Å²) in [6.07, 6.45) is 3.08. The van der Waals surface area contributed by atoms with Gasteiger partial charge in [0.1, 0.15) is 0 Å². The Hall–Kier alpha value is -3.10. The molecule has 32 heavy (non-hydrogen) atoms. The molecule has 0 aliphatic rings. The van der Waals surface area contributed by atoms with Crippen LogP contribution < -0.4 is 10.6 Å². The minimum atomic E-state index is -0.269. The van der Waals surface area contributed by atoms with Crippen molar-refractivity contribution >= 4 is 46.9 Å². The highest BCUT2D eigenvalue weighted by molar-refractivity contribution is 7.99. The van der Waals surface area contributed by atoms with Crippen LogP contribution in [0.3, 0.4) is 0 Å². The van der Waals surface area contributed by atoms with Crippen molar-refractivity contribution in [3.8, 4) is 0 Å². The van der Waals surface area contributed by atoms with Gasteiger partial charge in [0.2, 0.25) is 11.8 Å². The van der Waals surface area contributed by atoms with Gasteiger partial charge in [0, 0.05) is 23.8 Å². The van der Waals surface area contributed by atoms with Crippen molar-refractivity contribution in [2.45, 2.75) is 25.5 Å². The predicted molar refractivity (Wildman–Crippen MR) is 129 cm³/mol. The van der Waals surface area contributed by atoms with Crippen LogP contribution in [0.5, 0.6) is 0 Å². The number of nitrogens with zero attached hydrogens (tertiary/aromatic N) is 3. The lowest BCUT2D eigenvalue weighted by molar-refractivity contribution is -0.116. The van der Waals surface area contributed by atoms with Crippen LogP contribution in [0.15, 0.2) is 53.7 Å². The summed E-state index contributed by atoms with van der Waals surface area (Å²) >= 11 is 7.36. The summed E-state index contributed by atoms with van der Waals surface area (Å²) in [7, 11) is 1.80. The monoisotopic (exact) mass is 469 g/mol. The highest BCUT2D eigenvalue weighted by Crippen LogP contribution is 2.19. The van der Waals surface area contributed by atoms with E-state index in [1.807, 2.05) is 50.2 Å². The second-order valence-corrected chi connectivity index (χ2v) is 8.54. The molecular formula is C23H24ClN5O2S. The van der Waals surface area contributed by atoms with Crippen molar-refractivity contribution in [1.82, 2.24) is 20.1 Å². The number of thioether (sulfide) groups is 1. The normalized spacial score (nSPS) is 11.0. The molecule has 9 heteroatoms. The fourth-order valence-electron chi connectivity index (χ4n) is 2.90. The molecular weight excluding hydrogens is 446 g/mol. The van der Waals surface area contributed by atoms with Crippen molar-refractivity contribution in [3.63, 3.8) is 0 Å². The molecule has 2 amide bonds. The third-order valence-corrected chi connectivity index (χ3v) is 6.02. The molecule has 2 aromatic carbocycles. The minimum Gasteiger partial charge on any atom is -0.345 e. The summed E-state index contributed by atoms with van der Waals surface area (Å²) in [4.78, 5) is 24.4.